The minimum Gasteiger partial charge on any atom is -0.326 e. The fraction of sp³-hybridized carbons (Fsp3) is 0.188. The van der Waals surface area contributed by atoms with E-state index in [2.05, 4.69) is 5.32 Å². The molecule has 2 aromatic rings. The topological polar surface area (TPSA) is 72.2 Å². The van der Waals surface area contributed by atoms with Crippen molar-refractivity contribution in [1.82, 2.24) is 0 Å². The number of carbonyl (C=O) groups excluding carboxylic acids is 1. The molecule has 0 aliphatic heterocycles. The molecule has 0 radical (unpaired) electrons. The van der Waals surface area contributed by atoms with E-state index in [0.717, 1.165) is 11.1 Å². The van der Waals surface area contributed by atoms with Crippen LogP contribution < -0.4 is 11.1 Å². The Hall–Kier alpha value is -1.98. The zero-order chi connectivity index (χ0) is 15.2. The first-order valence-corrected chi connectivity index (χ1v) is 7.94. The number of nitrogens with one attached hydrogen (secondary N) is 1. The number of amides is 1. The highest BCUT2D eigenvalue weighted by Crippen LogP contribution is 2.12. The molecule has 0 aliphatic carbocycles. The summed E-state index contributed by atoms with van der Waals surface area (Å²) < 4.78 is 12.1. The monoisotopic (exact) mass is 302 g/mol. The van der Waals surface area contributed by atoms with Crippen molar-refractivity contribution in [2.75, 3.05) is 11.1 Å². The highest BCUT2D eigenvalue weighted by molar-refractivity contribution is 7.85. The minimum atomic E-state index is -1.34. The Morgan fingerprint density at radius 3 is 2.57 bits per heavy atom. The van der Waals surface area contributed by atoms with E-state index in [-0.39, 0.29) is 11.7 Å². The van der Waals surface area contributed by atoms with Crippen molar-refractivity contribution in [2.45, 2.75) is 18.4 Å². The van der Waals surface area contributed by atoms with Crippen LogP contribution in [-0.2, 0) is 22.1 Å². The minimum absolute atomic E-state index is 0.0596. The van der Waals surface area contributed by atoms with Gasteiger partial charge in [0.2, 0.25) is 5.91 Å². The maximum absolute atomic E-state index is 12.1. The quantitative estimate of drug-likeness (QED) is 0.889. The van der Waals surface area contributed by atoms with Crippen LogP contribution in [0.25, 0.3) is 0 Å². The van der Waals surface area contributed by atoms with Crippen LogP contribution in [0.5, 0.6) is 0 Å². The summed E-state index contributed by atoms with van der Waals surface area (Å²) in [5, 5.41) is 2.74. The van der Waals surface area contributed by atoms with Crippen LogP contribution in [-0.4, -0.2) is 15.9 Å². The van der Waals surface area contributed by atoms with Crippen LogP contribution in [0.1, 0.15) is 11.1 Å². The molecule has 1 atom stereocenters. The van der Waals surface area contributed by atoms with Crippen molar-refractivity contribution in [3.8, 4) is 0 Å². The van der Waals surface area contributed by atoms with Gasteiger partial charge < -0.3 is 11.1 Å². The van der Waals surface area contributed by atoms with Crippen LogP contribution in [0.3, 0.4) is 0 Å². The number of hydrogen-bond acceptors (Lipinski definition) is 3. The van der Waals surface area contributed by atoms with E-state index in [9.17, 15) is 9.00 Å². The molecule has 5 heteroatoms. The number of benzene rings is 2. The highest BCUT2D eigenvalue weighted by Gasteiger charge is 2.10. The van der Waals surface area contributed by atoms with Crippen LogP contribution in [0, 0.1) is 6.92 Å². The molecule has 2 aromatic carbocycles. The molecule has 21 heavy (non-hydrogen) atoms. The number of nitrogens with two attached hydrogens (primary N) is 1. The average molecular weight is 302 g/mol. The van der Waals surface area contributed by atoms with Gasteiger partial charge in [-0.2, -0.15) is 0 Å². The average Bonchev–Trinajstić information content (AvgIpc) is 2.47. The van der Waals surface area contributed by atoms with Gasteiger partial charge in [-0.1, -0.05) is 29.8 Å². The molecule has 0 saturated carbocycles. The fourth-order valence-electron chi connectivity index (χ4n) is 1.87. The number of carbonyl (C=O) groups is 1. The van der Waals surface area contributed by atoms with E-state index in [1.54, 1.807) is 18.2 Å². The van der Waals surface area contributed by atoms with E-state index in [1.165, 1.54) is 0 Å². The lowest BCUT2D eigenvalue weighted by Crippen LogP contribution is -2.19. The Bertz CT molecular complexity index is 654. The summed E-state index contributed by atoms with van der Waals surface area (Å²) in [4.78, 5) is 12.6. The SMILES string of the molecule is Cc1ccc(S(=O)CC(=O)Nc2cccc(CN)c2)cc1. The van der Waals surface area contributed by atoms with Gasteiger partial charge in [0.1, 0.15) is 5.75 Å². The van der Waals surface area contributed by atoms with Gasteiger partial charge >= 0.3 is 0 Å². The first-order valence-electron chi connectivity index (χ1n) is 6.62. The molecule has 0 fully saturated rings. The van der Waals surface area contributed by atoms with Gasteiger partial charge in [-0.15, -0.1) is 0 Å². The van der Waals surface area contributed by atoms with Gasteiger partial charge in [-0.3, -0.25) is 9.00 Å². The molecular formula is C16H18N2O2S. The lowest BCUT2D eigenvalue weighted by Gasteiger charge is -2.07. The Kier molecular flexibility index (Phi) is 5.25. The van der Waals surface area contributed by atoms with Crippen molar-refractivity contribution in [3.63, 3.8) is 0 Å². The van der Waals surface area contributed by atoms with Crippen LogP contribution in [0.2, 0.25) is 0 Å². The van der Waals surface area contributed by atoms with Crippen molar-refractivity contribution in [2.24, 2.45) is 5.73 Å². The van der Waals surface area contributed by atoms with E-state index in [1.807, 2.05) is 37.3 Å². The molecular weight excluding hydrogens is 284 g/mol. The smallest absolute Gasteiger partial charge is 0.237 e. The van der Waals surface area contributed by atoms with Gasteiger partial charge in [0.15, 0.2) is 0 Å². The molecule has 0 saturated heterocycles. The first kappa shape index (κ1) is 15.4. The Balaban J connectivity index is 1.97. The molecule has 0 aromatic heterocycles. The number of anilines is 1. The molecule has 2 rings (SSSR count). The highest BCUT2D eigenvalue weighted by atomic mass is 32.2. The standard InChI is InChI=1S/C16H18N2O2S/c1-12-5-7-15(8-6-12)21(20)11-16(19)18-14-4-2-3-13(9-14)10-17/h2-9H,10-11,17H2,1H3,(H,18,19). The van der Waals surface area contributed by atoms with E-state index in [4.69, 9.17) is 5.73 Å². The molecule has 1 unspecified atom stereocenters. The number of hydrogen-bond donors (Lipinski definition) is 2. The van der Waals surface area contributed by atoms with Gasteiger partial charge in [-0.25, -0.2) is 0 Å². The normalized spacial score (nSPS) is 11.9. The second kappa shape index (κ2) is 7.15. The summed E-state index contributed by atoms with van der Waals surface area (Å²) in [6.07, 6.45) is 0. The van der Waals surface area contributed by atoms with Gasteiger partial charge in [0, 0.05) is 17.1 Å². The van der Waals surface area contributed by atoms with Crippen LogP contribution in [0.15, 0.2) is 53.4 Å². The van der Waals surface area contributed by atoms with Crippen LogP contribution in [0.4, 0.5) is 5.69 Å². The third-order valence-corrected chi connectivity index (χ3v) is 4.31. The summed E-state index contributed by atoms with van der Waals surface area (Å²) in [5.41, 5.74) is 8.26. The van der Waals surface area contributed by atoms with Crippen molar-refractivity contribution >= 4 is 22.4 Å². The number of rotatable bonds is 5. The molecule has 110 valence electrons. The number of aryl methyl sites for hydroxylation is 1. The Morgan fingerprint density at radius 2 is 1.90 bits per heavy atom. The molecule has 3 N–H and O–H groups in total. The predicted octanol–water partition coefficient (Wildman–Crippen LogP) is 2.20. The maximum atomic E-state index is 12.1. The summed E-state index contributed by atoms with van der Waals surface area (Å²) >= 11 is 0. The van der Waals surface area contributed by atoms with Gasteiger partial charge in [0.05, 0.1) is 10.8 Å². The molecule has 0 spiro atoms. The lowest BCUT2D eigenvalue weighted by atomic mass is 10.2. The van der Waals surface area contributed by atoms with Crippen molar-refractivity contribution in [3.05, 3.63) is 59.7 Å². The Labute approximate surface area is 126 Å². The van der Waals surface area contributed by atoms with E-state index >= 15 is 0 Å². The summed E-state index contributed by atoms with van der Waals surface area (Å²) in [5.74, 6) is -0.335. The summed E-state index contributed by atoms with van der Waals surface area (Å²) in [6, 6.07) is 14.7. The van der Waals surface area contributed by atoms with Gasteiger partial charge in [0.25, 0.3) is 0 Å². The van der Waals surface area contributed by atoms with Crippen LogP contribution >= 0.6 is 0 Å². The van der Waals surface area contributed by atoms with E-state index in [0.29, 0.717) is 17.1 Å². The van der Waals surface area contributed by atoms with Crippen molar-refractivity contribution < 1.29 is 9.00 Å². The first-order chi connectivity index (χ1) is 10.1. The van der Waals surface area contributed by atoms with Crippen molar-refractivity contribution in [1.29, 1.82) is 0 Å². The largest absolute Gasteiger partial charge is 0.326 e. The second-order valence-electron chi connectivity index (χ2n) is 4.76. The lowest BCUT2D eigenvalue weighted by molar-refractivity contribution is -0.113. The third-order valence-electron chi connectivity index (χ3n) is 2.99. The molecule has 4 nitrogen and oxygen atoms in total. The van der Waals surface area contributed by atoms with E-state index < -0.39 is 10.8 Å². The molecule has 1 amide bonds. The summed E-state index contributed by atoms with van der Waals surface area (Å²) in [6.45, 7) is 2.38. The zero-order valence-electron chi connectivity index (χ0n) is 11.8. The zero-order valence-corrected chi connectivity index (χ0v) is 12.7. The fourth-order valence-corrected chi connectivity index (χ4v) is 2.78. The summed E-state index contributed by atoms with van der Waals surface area (Å²) in [7, 11) is -1.34. The molecule has 0 heterocycles. The predicted molar refractivity (Wildman–Crippen MR) is 85.4 cm³/mol. The third kappa shape index (κ3) is 4.51. The molecule has 0 aliphatic rings. The maximum Gasteiger partial charge on any atom is 0.237 e. The molecule has 0 bridgehead atoms. The Morgan fingerprint density at radius 1 is 1.19 bits per heavy atom. The second-order valence-corrected chi connectivity index (χ2v) is 6.21. The van der Waals surface area contributed by atoms with Gasteiger partial charge in [-0.05, 0) is 36.8 Å².